The Morgan fingerprint density at radius 1 is 1.16 bits per heavy atom. The van der Waals surface area contributed by atoms with Crippen LogP contribution in [0.4, 0.5) is 28.9 Å². The summed E-state index contributed by atoms with van der Waals surface area (Å²) in [5.41, 5.74) is -1.68. The molecule has 1 heterocycles. The second-order valence-corrected chi connectivity index (χ2v) is 8.28. The number of hydrogen-bond acceptors (Lipinski definition) is 5. The number of nitrogens with zero attached hydrogens (tertiary/aromatic N) is 1. The van der Waals surface area contributed by atoms with E-state index < -0.39 is 38.4 Å². The fraction of sp³-hybridized carbons (Fsp3) is 0.111. The molecule has 164 valence electrons. The fourth-order valence-electron chi connectivity index (χ4n) is 2.49. The van der Waals surface area contributed by atoms with Crippen LogP contribution in [0.2, 0.25) is 5.02 Å². The van der Waals surface area contributed by atoms with Crippen LogP contribution in [0.1, 0.15) is 21.7 Å². The monoisotopic (exact) mass is 477 g/mol. The standard InChI is InChI=1S/C18H12ClF4N3O4S/c1-9-12(8-24-30-9)17(27)25-10-2-4-14(19)16(6-10)26-31(28,29)11-3-5-15(20)13(7-11)18(21,22)23/h2-8,26H,1H3,(H,25,27). The van der Waals surface area contributed by atoms with E-state index in [-0.39, 0.29) is 33.8 Å². The van der Waals surface area contributed by atoms with Gasteiger partial charge in [0.05, 0.1) is 27.4 Å². The number of carbonyl (C=O) groups excluding carboxylic acids is 1. The largest absolute Gasteiger partial charge is 0.419 e. The summed E-state index contributed by atoms with van der Waals surface area (Å²) in [5, 5.41) is 5.86. The van der Waals surface area contributed by atoms with Crippen molar-refractivity contribution in [2.75, 3.05) is 10.0 Å². The number of amides is 1. The molecular weight excluding hydrogens is 466 g/mol. The molecule has 1 amide bonds. The Bertz CT molecular complexity index is 1260. The van der Waals surface area contributed by atoms with E-state index in [4.69, 9.17) is 16.1 Å². The Morgan fingerprint density at radius 2 is 1.87 bits per heavy atom. The molecule has 0 unspecified atom stereocenters. The molecule has 3 aromatic rings. The number of rotatable bonds is 5. The van der Waals surface area contributed by atoms with E-state index >= 15 is 0 Å². The Morgan fingerprint density at radius 3 is 2.48 bits per heavy atom. The van der Waals surface area contributed by atoms with E-state index in [2.05, 4.69) is 10.5 Å². The SMILES string of the molecule is Cc1oncc1C(=O)Nc1ccc(Cl)c(NS(=O)(=O)c2ccc(F)c(C(F)(F)F)c2)c1. The summed E-state index contributed by atoms with van der Waals surface area (Å²) in [6, 6.07) is 5.06. The summed E-state index contributed by atoms with van der Waals surface area (Å²) >= 11 is 5.98. The van der Waals surface area contributed by atoms with Gasteiger partial charge in [-0.3, -0.25) is 9.52 Å². The summed E-state index contributed by atoms with van der Waals surface area (Å²) in [7, 11) is -4.57. The first kappa shape index (κ1) is 22.6. The zero-order valence-electron chi connectivity index (χ0n) is 15.4. The van der Waals surface area contributed by atoms with E-state index in [0.29, 0.717) is 12.1 Å². The molecule has 0 aliphatic rings. The third kappa shape index (κ3) is 4.97. The number of nitrogens with one attached hydrogen (secondary N) is 2. The molecule has 31 heavy (non-hydrogen) atoms. The summed E-state index contributed by atoms with van der Waals surface area (Å²) in [6.07, 6.45) is -3.89. The molecule has 0 saturated heterocycles. The first-order valence-corrected chi connectivity index (χ1v) is 10.2. The molecule has 0 aliphatic carbocycles. The molecule has 13 heteroatoms. The van der Waals surface area contributed by atoms with Gasteiger partial charge in [-0.25, -0.2) is 12.8 Å². The summed E-state index contributed by atoms with van der Waals surface area (Å²) in [4.78, 5) is 11.4. The van der Waals surface area contributed by atoms with Gasteiger partial charge in [0.25, 0.3) is 15.9 Å². The summed E-state index contributed by atoms with van der Waals surface area (Å²) < 4.78 is 84.1. The lowest BCUT2D eigenvalue weighted by Crippen LogP contribution is -2.16. The number of carbonyl (C=O) groups is 1. The van der Waals surface area contributed by atoms with Crippen molar-refractivity contribution in [3.8, 4) is 0 Å². The maximum Gasteiger partial charge on any atom is 0.419 e. The van der Waals surface area contributed by atoms with Crippen LogP contribution in [0.3, 0.4) is 0 Å². The number of aromatic nitrogens is 1. The number of anilines is 2. The highest BCUT2D eigenvalue weighted by Gasteiger charge is 2.35. The van der Waals surface area contributed by atoms with Gasteiger partial charge in [-0.05, 0) is 43.3 Å². The molecule has 0 saturated carbocycles. The third-order valence-electron chi connectivity index (χ3n) is 4.02. The van der Waals surface area contributed by atoms with Crippen molar-refractivity contribution in [2.24, 2.45) is 0 Å². The van der Waals surface area contributed by atoms with Gasteiger partial charge < -0.3 is 9.84 Å². The summed E-state index contributed by atoms with van der Waals surface area (Å²) in [6.45, 7) is 1.52. The van der Waals surface area contributed by atoms with Crippen molar-refractivity contribution in [1.29, 1.82) is 0 Å². The fourth-order valence-corrected chi connectivity index (χ4v) is 3.81. The maximum absolute atomic E-state index is 13.5. The quantitative estimate of drug-likeness (QED) is 0.512. The highest BCUT2D eigenvalue weighted by molar-refractivity contribution is 7.92. The average molecular weight is 478 g/mol. The van der Waals surface area contributed by atoms with E-state index in [1.807, 2.05) is 4.72 Å². The van der Waals surface area contributed by atoms with Crippen LogP contribution >= 0.6 is 11.6 Å². The minimum absolute atomic E-state index is 0.0964. The van der Waals surface area contributed by atoms with Crippen molar-refractivity contribution in [2.45, 2.75) is 18.0 Å². The number of aryl methyl sites for hydroxylation is 1. The highest BCUT2D eigenvalue weighted by atomic mass is 35.5. The third-order valence-corrected chi connectivity index (χ3v) is 5.71. The van der Waals surface area contributed by atoms with Gasteiger partial charge >= 0.3 is 6.18 Å². The smallest absolute Gasteiger partial charge is 0.361 e. The molecule has 2 aromatic carbocycles. The Hall–Kier alpha value is -3.12. The van der Waals surface area contributed by atoms with Crippen LogP contribution in [-0.4, -0.2) is 19.5 Å². The predicted molar refractivity (Wildman–Crippen MR) is 103 cm³/mol. The Labute approximate surface area is 178 Å². The molecule has 1 aromatic heterocycles. The zero-order valence-corrected chi connectivity index (χ0v) is 17.0. The van der Waals surface area contributed by atoms with Crippen molar-refractivity contribution in [3.05, 3.63) is 70.3 Å². The lowest BCUT2D eigenvalue weighted by molar-refractivity contribution is -0.140. The first-order chi connectivity index (χ1) is 14.4. The minimum Gasteiger partial charge on any atom is -0.361 e. The molecule has 0 radical (unpaired) electrons. The number of sulfonamides is 1. The summed E-state index contributed by atoms with van der Waals surface area (Å²) in [5.74, 6) is -1.95. The van der Waals surface area contributed by atoms with E-state index in [9.17, 15) is 30.8 Å². The lowest BCUT2D eigenvalue weighted by Gasteiger charge is -2.14. The van der Waals surface area contributed by atoms with Gasteiger partial charge in [0.15, 0.2) is 0 Å². The van der Waals surface area contributed by atoms with E-state index in [1.165, 1.54) is 25.3 Å². The van der Waals surface area contributed by atoms with Crippen LogP contribution in [-0.2, 0) is 16.2 Å². The van der Waals surface area contributed by atoms with Crippen molar-refractivity contribution >= 4 is 38.9 Å². The molecule has 2 N–H and O–H groups in total. The number of hydrogen-bond donors (Lipinski definition) is 2. The first-order valence-electron chi connectivity index (χ1n) is 8.30. The van der Waals surface area contributed by atoms with E-state index in [0.717, 1.165) is 6.07 Å². The average Bonchev–Trinajstić information content (AvgIpc) is 3.09. The zero-order chi connectivity index (χ0) is 23.0. The molecule has 0 aliphatic heterocycles. The van der Waals surface area contributed by atoms with Gasteiger partial charge in [-0.2, -0.15) is 13.2 Å². The van der Waals surface area contributed by atoms with Gasteiger partial charge in [-0.15, -0.1) is 0 Å². The Balaban J connectivity index is 1.89. The van der Waals surface area contributed by atoms with Crippen molar-refractivity contribution in [3.63, 3.8) is 0 Å². The molecule has 0 spiro atoms. The maximum atomic E-state index is 13.5. The van der Waals surface area contributed by atoms with Gasteiger partial charge in [-0.1, -0.05) is 16.8 Å². The second kappa shape index (κ2) is 8.19. The van der Waals surface area contributed by atoms with Crippen LogP contribution in [0.15, 0.2) is 52.0 Å². The normalized spacial score (nSPS) is 11.9. The van der Waals surface area contributed by atoms with Crippen LogP contribution in [0.25, 0.3) is 0 Å². The minimum atomic E-state index is -5.09. The van der Waals surface area contributed by atoms with Crippen LogP contribution in [0, 0.1) is 12.7 Å². The molecule has 7 nitrogen and oxygen atoms in total. The molecule has 3 rings (SSSR count). The number of halogens is 5. The molecular formula is C18H12ClF4N3O4S. The van der Waals surface area contributed by atoms with Crippen molar-refractivity contribution in [1.82, 2.24) is 5.16 Å². The van der Waals surface area contributed by atoms with Gasteiger partial charge in [0.2, 0.25) is 0 Å². The van der Waals surface area contributed by atoms with Crippen molar-refractivity contribution < 1.29 is 35.3 Å². The lowest BCUT2D eigenvalue weighted by atomic mass is 10.2. The number of alkyl halides is 3. The highest BCUT2D eigenvalue weighted by Crippen LogP contribution is 2.34. The topological polar surface area (TPSA) is 101 Å². The van der Waals surface area contributed by atoms with Crippen LogP contribution < -0.4 is 10.0 Å². The van der Waals surface area contributed by atoms with Gasteiger partial charge in [0, 0.05) is 5.69 Å². The van der Waals surface area contributed by atoms with E-state index in [1.54, 1.807) is 0 Å². The van der Waals surface area contributed by atoms with Gasteiger partial charge in [0.1, 0.15) is 17.1 Å². The second-order valence-electron chi connectivity index (χ2n) is 6.19. The Kier molecular flexibility index (Phi) is 5.96. The predicted octanol–water partition coefficient (Wildman–Crippen LogP) is 4.85. The molecule has 0 bridgehead atoms. The molecule has 0 fully saturated rings. The number of benzene rings is 2. The van der Waals surface area contributed by atoms with Crippen LogP contribution in [0.5, 0.6) is 0 Å². The molecule has 0 atom stereocenters.